The molecule has 1 amide bonds. The SMILES string of the molecule is CN=C(NCCNC(=O)OC(C)(C)C)NCC1CCN(Cc2nc(C)c(C)o2)CC1. The predicted molar refractivity (Wildman–Crippen MR) is 118 cm³/mol. The van der Waals surface area contributed by atoms with Gasteiger partial charge in [0.1, 0.15) is 11.4 Å². The number of oxazole rings is 1. The second kappa shape index (κ2) is 11.2. The third-order valence-electron chi connectivity index (χ3n) is 5.01. The normalized spacial score (nSPS) is 16.4. The smallest absolute Gasteiger partial charge is 0.407 e. The molecule has 3 N–H and O–H groups in total. The van der Waals surface area contributed by atoms with Crippen molar-refractivity contribution in [3.05, 3.63) is 17.3 Å². The van der Waals surface area contributed by atoms with E-state index in [-0.39, 0.29) is 0 Å². The summed E-state index contributed by atoms with van der Waals surface area (Å²) in [6, 6.07) is 0. The van der Waals surface area contributed by atoms with Gasteiger partial charge in [0, 0.05) is 26.7 Å². The molecule has 0 aliphatic carbocycles. The molecule has 170 valence electrons. The summed E-state index contributed by atoms with van der Waals surface area (Å²) >= 11 is 0. The fraction of sp³-hybridized carbons (Fsp3) is 0.762. The van der Waals surface area contributed by atoms with Crippen LogP contribution in [0.3, 0.4) is 0 Å². The quantitative estimate of drug-likeness (QED) is 0.351. The van der Waals surface area contributed by atoms with Gasteiger partial charge in [-0.05, 0) is 66.5 Å². The maximum atomic E-state index is 11.6. The van der Waals surface area contributed by atoms with E-state index in [1.54, 1.807) is 7.05 Å². The average Bonchev–Trinajstić information content (AvgIpc) is 2.98. The number of likely N-dealkylation sites (tertiary alicyclic amines) is 1. The zero-order valence-corrected chi connectivity index (χ0v) is 19.3. The van der Waals surface area contributed by atoms with Crippen LogP contribution in [0, 0.1) is 19.8 Å². The number of aromatic nitrogens is 1. The number of carbonyl (C=O) groups excluding carboxylic acids is 1. The lowest BCUT2D eigenvalue weighted by molar-refractivity contribution is 0.0529. The topological polar surface area (TPSA) is 104 Å². The number of amides is 1. The van der Waals surface area contributed by atoms with Gasteiger partial charge in [-0.3, -0.25) is 9.89 Å². The summed E-state index contributed by atoms with van der Waals surface area (Å²) in [5.74, 6) is 3.07. The van der Waals surface area contributed by atoms with Crippen molar-refractivity contribution < 1.29 is 13.9 Å². The number of hydrogen-bond donors (Lipinski definition) is 3. The van der Waals surface area contributed by atoms with E-state index in [0.717, 1.165) is 62.3 Å². The van der Waals surface area contributed by atoms with Crippen molar-refractivity contribution in [2.75, 3.05) is 39.8 Å². The highest BCUT2D eigenvalue weighted by molar-refractivity contribution is 5.79. The number of alkyl carbamates (subject to hydrolysis) is 1. The number of ether oxygens (including phenoxy) is 1. The van der Waals surface area contributed by atoms with E-state index in [1.807, 2.05) is 34.6 Å². The lowest BCUT2D eigenvalue weighted by atomic mass is 9.97. The molecule has 1 aliphatic rings. The summed E-state index contributed by atoms with van der Waals surface area (Å²) in [6.07, 6.45) is 1.85. The second-order valence-electron chi connectivity index (χ2n) is 8.78. The highest BCUT2D eigenvalue weighted by Gasteiger charge is 2.21. The Kier molecular flexibility index (Phi) is 8.95. The van der Waals surface area contributed by atoms with E-state index in [4.69, 9.17) is 9.15 Å². The largest absolute Gasteiger partial charge is 0.444 e. The van der Waals surface area contributed by atoms with E-state index in [1.165, 1.54) is 0 Å². The summed E-state index contributed by atoms with van der Waals surface area (Å²) in [7, 11) is 1.75. The second-order valence-corrected chi connectivity index (χ2v) is 8.78. The lowest BCUT2D eigenvalue weighted by Gasteiger charge is -2.31. The molecule has 2 heterocycles. The van der Waals surface area contributed by atoms with Crippen LogP contribution < -0.4 is 16.0 Å². The predicted octanol–water partition coefficient (Wildman–Crippen LogP) is 2.19. The van der Waals surface area contributed by atoms with Crippen LogP contribution in [0.1, 0.15) is 51.0 Å². The number of aliphatic imine (C=N–C) groups is 1. The molecule has 0 radical (unpaired) electrons. The summed E-state index contributed by atoms with van der Waals surface area (Å²) < 4.78 is 10.9. The number of piperidine rings is 1. The Balaban J connectivity index is 1.60. The molecule has 0 unspecified atom stereocenters. The molecule has 1 aromatic heterocycles. The van der Waals surface area contributed by atoms with Gasteiger partial charge in [0.25, 0.3) is 0 Å². The van der Waals surface area contributed by atoms with Crippen LogP contribution >= 0.6 is 0 Å². The van der Waals surface area contributed by atoms with Crippen LogP contribution in [-0.2, 0) is 11.3 Å². The van der Waals surface area contributed by atoms with Gasteiger partial charge in [0.15, 0.2) is 5.96 Å². The van der Waals surface area contributed by atoms with Gasteiger partial charge in [-0.1, -0.05) is 0 Å². The standard InChI is InChI=1S/C21H38N6O3/c1-15-16(2)29-18(26-15)14-27-11-7-17(8-12-27)13-25-19(22-6)23-9-10-24-20(28)30-21(3,4)5/h17H,7-14H2,1-6H3,(H,24,28)(H2,22,23,25). The summed E-state index contributed by atoms with van der Waals surface area (Å²) in [5, 5.41) is 9.33. The number of hydrogen-bond acceptors (Lipinski definition) is 6. The number of guanidine groups is 1. The molecule has 1 aliphatic heterocycles. The maximum Gasteiger partial charge on any atom is 0.407 e. The maximum absolute atomic E-state index is 11.6. The molecule has 1 fully saturated rings. The molecule has 0 aromatic carbocycles. The van der Waals surface area contributed by atoms with Gasteiger partial charge in [0.2, 0.25) is 5.89 Å². The van der Waals surface area contributed by atoms with Crippen molar-refractivity contribution in [3.63, 3.8) is 0 Å². The Bertz CT molecular complexity index is 683. The summed E-state index contributed by atoms with van der Waals surface area (Å²) in [6.45, 7) is 14.3. The van der Waals surface area contributed by atoms with Gasteiger partial charge in [-0.25, -0.2) is 9.78 Å². The number of aryl methyl sites for hydroxylation is 2. The minimum atomic E-state index is -0.489. The average molecular weight is 423 g/mol. The highest BCUT2D eigenvalue weighted by Crippen LogP contribution is 2.19. The van der Waals surface area contributed by atoms with Crippen LogP contribution in [0.5, 0.6) is 0 Å². The van der Waals surface area contributed by atoms with Crippen molar-refractivity contribution in [2.24, 2.45) is 10.9 Å². The van der Waals surface area contributed by atoms with Crippen molar-refractivity contribution in [2.45, 2.75) is 59.6 Å². The van der Waals surface area contributed by atoms with E-state index < -0.39 is 11.7 Å². The molecule has 1 aromatic rings. The van der Waals surface area contributed by atoms with E-state index in [0.29, 0.717) is 19.0 Å². The monoisotopic (exact) mass is 422 g/mol. The Hall–Kier alpha value is -2.29. The van der Waals surface area contributed by atoms with Crippen molar-refractivity contribution in [1.82, 2.24) is 25.8 Å². The first-order valence-electron chi connectivity index (χ1n) is 10.7. The Morgan fingerprint density at radius 2 is 1.87 bits per heavy atom. The van der Waals surface area contributed by atoms with Crippen LogP contribution in [0.15, 0.2) is 9.41 Å². The van der Waals surface area contributed by atoms with E-state index in [2.05, 4.69) is 30.8 Å². The van der Waals surface area contributed by atoms with Gasteiger partial charge in [-0.15, -0.1) is 0 Å². The number of nitrogens with one attached hydrogen (secondary N) is 3. The molecule has 0 atom stereocenters. The summed E-state index contributed by atoms with van der Waals surface area (Å²) in [5.41, 5.74) is 0.487. The molecule has 0 spiro atoms. The van der Waals surface area contributed by atoms with Crippen molar-refractivity contribution in [1.29, 1.82) is 0 Å². The Labute approximate surface area is 180 Å². The fourth-order valence-electron chi connectivity index (χ4n) is 3.27. The third kappa shape index (κ3) is 8.61. The van der Waals surface area contributed by atoms with Crippen molar-refractivity contribution >= 4 is 12.1 Å². The molecule has 30 heavy (non-hydrogen) atoms. The molecule has 9 heteroatoms. The van der Waals surface area contributed by atoms with Gasteiger partial charge in [-0.2, -0.15) is 0 Å². The Morgan fingerprint density at radius 3 is 2.43 bits per heavy atom. The first-order chi connectivity index (χ1) is 14.2. The van der Waals surface area contributed by atoms with Gasteiger partial charge in [0.05, 0.1) is 12.2 Å². The first-order valence-corrected chi connectivity index (χ1v) is 10.7. The minimum absolute atomic E-state index is 0.408. The molecule has 0 bridgehead atoms. The highest BCUT2D eigenvalue weighted by atomic mass is 16.6. The molecule has 2 rings (SSSR count). The summed E-state index contributed by atoms with van der Waals surface area (Å²) in [4.78, 5) is 22.8. The number of rotatable bonds is 7. The van der Waals surface area contributed by atoms with E-state index >= 15 is 0 Å². The Morgan fingerprint density at radius 1 is 1.20 bits per heavy atom. The number of carbonyl (C=O) groups is 1. The molecule has 1 saturated heterocycles. The van der Waals surface area contributed by atoms with Crippen LogP contribution in [-0.4, -0.2) is 67.3 Å². The molecular formula is C21H38N6O3. The lowest BCUT2D eigenvalue weighted by Crippen LogP contribution is -2.45. The third-order valence-corrected chi connectivity index (χ3v) is 5.01. The fourth-order valence-corrected chi connectivity index (χ4v) is 3.27. The first kappa shape index (κ1) is 24.0. The van der Waals surface area contributed by atoms with Gasteiger partial charge >= 0.3 is 6.09 Å². The van der Waals surface area contributed by atoms with Gasteiger partial charge < -0.3 is 25.1 Å². The van der Waals surface area contributed by atoms with Crippen LogP contribution in [0.25, 0.3) is 0 Å². The molecule has 0 saturated carbocycles. The minimum Gasteiger partial charge on any atom is -0.444 e. The number of nitrogens with zero attached hydrogens (tertiary/aromatic N) is 3. The van der Waals surface area contributed by atoms with E-state index in [9.17, 15) is 4.79 Å². The molecular weight excluding hydrogens is 384 g/mol. The van der Waals surface area contributed by atoms with Crippen molar-refractivity contribution in [3.8, 4) is 0 Å². The molecule has 9 nitrogen and oxygen atoms in total. The van der Waals surface area contributed by atoms with Crippen LogP contribution in [0.2, 0.25) is 0 Å². The zero-order chi connectivity index (χ0) is 22.1. The van der Waals surface area contributed by atoms with Crippen LogP contribution in [0.4, 0.5) is 4.79 Å². The zero-order valence-electron chi connectivity index (χ0n) is 19.3.